The summed E-state index contributed by atoms with van der Waals surface area (Å²) >= 11 is 0. The zero-order chi connectivity index (χ0) is 18.2. The SMILES string of the molecule is C=CCCO/C(=C/C=C(C)/C(C)=C/C=C(\CF)CCCCC)CF. The number of hydrogen-bond acceptors (Lipinski definition) is 1. The summed E-state index contributed by atoms with van der Waals surface area (Å²) in [5, 5.41) is 0. The quantitative estimate of drug-likeness (QED) is 0.155. The molecule has 136 valence electrons. The molecule has 0 aliphatic rings. The Morgan fingerprint density at radius 3 is 2.17 bits per heavy atom. The topological polar surface area (TPSA) is 9.23 Å². The number of unbranched alkanes of at least 4 members (excludes halogenated alkanes) is 2. The minimum absolute atomic E-state index is 0.309. The van der Waals surface area contributed by atoms with E-state index in [2.05, 4.69) is 13.5 Å². The fraction of sp³-hybridized carbons (Fsp3) is 0.524. The number of halogens is 2. The normalized spacial score (nSPS) is 14.0. The molecule has 0 aromatic heterocycles. The lowest BCUT2D eigenvalue weighted by Gasteiger charge is -2.05. The molecule has 0 aliphatic carbocycles. The van der Waals surface area contributed by atoms with Crippen LogP contribution < -0.4 is 0 Å². The Balaban J connectivity index is 4.79. The molecular formula is C21H32F2O. The minimum atomic E-state index is -0.632. The summed E-state index contributed by atoms with van der Waals surface area (Å²) in [5.41, 5.74) is 2.84. The minimum Gasteiger partial charge on any atom is -0.495 e. The van der Waals surface area contributed by atoms with Gasteiger partial charge in [-0.3, -0.25) is 0 Å². The average molecular weight is 338 g/mol. The third kappa shape index (κ3) is 11.0. The summed E-state index contributed by atoms with van der Waals surface area (Å²) in [6.07, 6.45) is 13.8. The van der Waals surface area contributed by atoms with Crippen LogP contribution in [0.15, 0.2) is 59.4 Å². The van der Waals surface area contributed by atoms with Crippen LogP contribution in [0.1, 0.15) is 52.9 Å². The molecule has 24 heavy (non-hydrogen) atoms. The van der Waals surface area contributed by atoms with Gasteiger partial charge in [-0.2, -0.15) is 0 Å². The molecule has 0 N–H and O–H groups in total. The Hall–Kier alpha value is -1.64. The lowest BCUT2D eigenvalue weighted by atomic mass is 10.1. The third-order valence-electron chi connectivity index (χ3n) is 3.72. The highest BCUT2D eigenvalue weighted by Gasteiger charge is 1.98. The second kappa shape index (κ2) is 14.9. The summed E-state index contributed by atoms with van der Waals surface area (Å²) in [4.78, 5) is 0. The lowest BCUT2D eigenvalue weighted by Crippen LogP contribution is -1.95. The predicted molar refractivity (Wildman–Crippen MR) is 101 cm³/mol. The van der Waals surface area contributed by atoms with Gasteiger partial charge in [0.25, 0.3) is 0 Å². The molecule has 0 saturated carbocycles. The molecule has 0 aliphatic heterocycles. The van der Waals surface area contributed by atoms with Gasteiger partial charge in [-0.05, 0) is 55.9 Å². The van der Waals surface area contributed by atoms with E-state index in [1.54, 1.807) is 12.2 Å². The van der Waals surface area contributed by atoms with Crippen LogP contribution in [0, 0.1) is 0 Å². The molecular weight excluding hydrogens is 306 g/mol. The van der Waals surface area contributed by atoms with Crippen molar-refractivity contribution in [3.63, 3.8) is 0 Å². The van der Waals surface area contributed by atoms with Crippen molar-refractivity contribution in [1.82, 2.24) is 0 Å². The van der Waals surface area contributed by atoms with Crippen molar-refractivity contribution in [1.29, 1.82) is 0 Å². The van der Waals surface area contributed by atoms with Gasteiger partial charge in [0.2, 0.25) is 0 Å². The molecule has 0 spiro atoms. The maximum absolute atomic E-state index is 13.0. The van der Waals surface area contributed by atoms with Gasteiger partial charge in [-0.1, -0.05) is 44.1 Å². The van der Waals surface area contributed by atoms with Crippen LogP contribution in [0.5, 0.6) is 0 Å². The van der Waals surface area contributed by atoms with Crippen molar-refractivity contribution in [2.75, 3.05) is 20.0 Å². The number of ether oxygens (including phenoxy) is 1. The van der Waals surface area contributed by atoms with E-state index in [1.165, 1.54) is 0 Å². The van der Waals surface area contributed by atoms with E-state index < -0.39 is 13.3 Å². The van der Waals surface area contributed by atoms with Gasteiger partial charge >= 0.3 is 0 Å². The highest BCUT2D eigenvalue weighted by Crippen LogP contribution is 2.14. The first-order chi connectivity index (χ1) is 11.6. The van der Waals surface area contributed by atoms with Crippen molar-refractivity contribution in [3.05, 3.63) is 59.4 Å². The van der Waals surface area contributed by atoms with Crippen LogP contribution in [-0.4, -0.2) is 20.0 Å². The molecule has 0 radical (unpaired) electrons. The van der Waals surface area contributed by atoms with Gasteiger partial charge in [-0.15, -0.1) is 6.58 Å². The summed E-state index contributed by atoms with van der Waals surface area (Å²) < 4.78 is 31.2. The summed E-state index contributed by atoms with van der Waals surface area (Å²) in [7, 11) is 0. The maximum atomic E-state index is 13.0. The number of rotatable bonds is 13. The van der Waals surface area contributed by atoms with E-state index in [4.69, 9.17) is 4.74 Å². The van der Waals surface area contributed by atoms with Crippen molar-refractivity contribution < 1.29 is 13.5 Å². The Labute approximate surface area is 146 Å². The largest absolute Gasteiger partial charge is 0.495 e. The highest BCUT2D eigenvalue weighted by molar-refractivity contribution is 5.34. The molecule has 0 aromatic rings. The molecule has 3 heteroatoms. The third-order valence-corrected chi connectivity index (χ3v) is 3.72. The van der Waals surface area contributed by atoms with Crippen molar-refractivity contribution in [3.8, 4) is 0 Å². The van der Waals surface area contributed by atoms with Crippen LogP contribution >= 0.6 is 0 Å². The smallest absolute Gasteiger partial charge is 0.146 e. The maximum Gasteiger partial charge on any atom is 0.146 e. The molecule has 0 aromatic carbocycles. The van der Waals surface area contributed by atoms with Gasteiger partial charge in [0.15, 0.2) is 0 Å². The molecule has 0 heterocycles. The van der Waals surface area contributed by atoms with Gasteiger partial charge < -0.3 is 4.74 Å². The summed E-state index contributed by atoms with van der Waals surface area (Å²) in [6.45, 7) is 9.04. The molecule has 0 bridgehead atoms. The first-order valence-electron chi connectivity index (χ1n) is 8.68. The standard InChI is InChI=1S/C21H32F2O/c1-5-7-9-10-20(16-22)13-11-18(3)19(4)12-14-21(17-23)24-15-8-6-2/h6,11-14H,2,5,7-10,15-17H2,1,3-4H3/b18-11+,19-12+,20-13-,21-14+. The molecule has 0 unspecified atom stereocenters. The Bertz CT molecular complexity index is 470. The first-order valence-corrected chi connectivity index (χ1v) is 8.68. The van der Waals surface area contributed by atoms with Gasteiger partial charge in [0.05, 0.1) is 6.61 Å². The summed E-state index contributed by atoms with van der Waals surface area (Å²) in [5.74, 6) is 0.309. The van der Waals surface area contributed by atoms with Gasteiger partial charge in [0, 0.05) is 0 Å². The average Bonchev–Trinajstić information content (AvgIpc) is 2.60. The summed E-state index contributed by atoms with van der Waals surface area (Å²) in [6, 6.07) is 0. The Kier molecular flexibility index (Phi) is 13.9. The zero-order valence-electron chi connectivity index (χ0n) is 15.4. The van der Waals surface area contributed by atoms with Crippen molar-refractivity contribution >= 4 is 0 Å². The lowest BCUT2D eigenvalue weighted by molar-refractivity contribution is 0.195. The van der Waals surface area contributed by atoms with Crippen LogP contribution in [0.25, 0.3) is 0 Å². The van der Waals surface area contributed by atoms with Gasteiger partial charge in [-0.25, -0.2) is 8.78 Å². The molecule has 0 amide bonds. The van der Waals surface area contributed by atoms with E-state index in [-0.39, 0.29) is 0 Å². The van der Waals surface area contributed by atoms with Crippen LogP contribution in [0.2, 0.25) is 0 Å². The molecule has 0 saturated heterocycles. The number of hydrogen-bond donors (Lipinski definition) is 0. The molecule has 0 fully saturated rings. The molecule has 1 nitrogen and oxygen atoms in total. The monoisotopic (exact) mass is 338 g/mol. The first kappa shape index (κ1) is 22.4. The van der Waals surface area contributed by atoms with Crippen LogP contribution in [0.4, 0.5) is 8.78 Å². The molecule has 0 rings (SSSR count). The molecule has 0 atom stereocenters. The highest BCUT2D eigenvalue weighted by atomic mass is 19.1. The van der Waals surface area contributed by atoms with E-state index in [0.29, 0.717) is 18.8 Å². The van der Waals surface area contributed by atoms with E-state index >= 15 is 0 Å². The van der Waals surface area contributed by atoms with E-state index in [1.807, 2.05) is 32.1 Å². The van der Waals surface area contributed by atoms with E-state index in [0.717, 1.165) is 42.4 Å². The van der Waals surface area contributed by atoms with E-state index in [9.17, 15) is 8.78 Å². The Morgan fingerprint density at radius 2 is 1.62 bits per heavy atom. The second-order valence-corrected chi connectivity index (χ2v) is 5.81. The van der Waals surface area contributed by atoms with Crippen molar-refractivity contribution in [2.45, 2.75) is 52.9 Å². The number of alkyl halides is 2. The van der Waals surface area contributed by atoms with Crippen LogP contribution in [-0.2, 0) is 4.74 Å². The van der Waals surface area contributed by atoms with Crippen LogP contribution in [0.3, 0.4) is 0 Å². The second-order valence-electron chi connectivity index (χ2n) is 5.81. The fourth-order valence-corrected chi connectivity index (χ4v) is 1.93. The zero-order valence-corrected chi connectivity index (χ0v) is 15.4. The predicted octanol–water partition coefficient (Wildman–Crippen LogP) is 6.80. The fourth-order valence-electron chi connectivity index (χ4n) is 1.93. The van der Waals surface area contributed by atoms with Crippen molar-refractivity contribution in [2.24, 2.45) is 0 Å². The Morgan fingerprint density at radius 1 is 0.958 bits per heavy atom. The van der Waals surface area contributed by atoms with Gasteiger partial charge in [0.1, 0.15) is 19.1 Å². The number of allylic oxidation sites excluding steroid dienone is 8.